The van der Waals surface area contributed by atoms with Crippen LogP contribution in [0.1, 0.15) is 26.3 Å². The molecule has 3 aromatic rings. The predicted molar refractivity (Wildman–Crippen MR) is 112 cm³/mol. The fourth-order valence-electron chi connectivity index (χ4n) is 3.85. The molecule has 2 aromatic carbocycles. The summed E-state index contributed by atoms with van der Waals surface area (Å²) in [6.07, 6.45) is 3.23. The first kappa shape index (κ1) is 19.8. The number of piperazine rings is 1. The van der Waals surface area contributed by atoms with Crippen molar-refractivity contribution in [1.82, 2.24) is 14.8 Å². The van der Waals surface area contributed by atoms with E-state index in [0.717, 1.165) is 10.8 Å². The second kappa shape index (κ2) is 8.51. The quantitative estimate of drug-likeness (QED) is 0.672. The van der Waals surface area contributed by atoms with Gasteiger partial charge in [0, 0.05) is 56.2 Å². The van der Waals surface area contributed by atoms with Gasteiger partial charge in [-0.1, -0.05) is 24.3 Å². The molecule has 154 valence electrons. The maximum atomic E-state index is 12.6. The van der Waals surface area contributed by atoms with E-state index in [1.54, 1.807) is 30.6 Å². The number of methoxy groups -OCH3 is 1. The summed E-state index contributed by atoms with van der Waals surface area (Å²) in [5.41, 5.74) is 1.49. The number of fused-ring (bicyclic) bond motifs is 1. The van der Waals surface area contributed by atoms with Crippen molar-refractivity contribution in [1.29, 1.82) is 0 Å². The van der Waals surface area contributed by atoms with Gasteiger partial charge in [0.15, 0.2) is 0 Å². The van der Waals surface area contributed by atoms with E-state index in [0.29, 0.717) is 43.9 Å². The minimum absolute atomic E-state index is 0.00182. The number of phenols is 1. The highest BCUT2D eigenvalue weighted by Crippen LogP contribution is 2.33. The van der Waals surface area contributed by atoms with Crippen molar-refractivity contribution in [3.63, 3.8) is 0 Å². The highest BCUT2D eigenvalue weighted by molar-refractivity contribution is 6.00. The van der Waals surface area contributed by atoms with Crippen LogP contribution >= 0.6 is 0 Å². The molecular formula is C23H23N3O4. The summed E-state index contributed by atoms with van der Waals surface area (Å²) in [5, 5.41) is 12.6. The Labute approximate surface area is 174 Å². The molecule has 7 heteroatoms. The Bertz CT molecular complexity index is 1080. The largest absolute Gasteiger partial charge is 0.507 e. The van der Waals surface area contributed by atoms with Gasteiger partial charge in [0.2, 0.25) is 0 Å². The smallest absolute Gasteiger partial charge is 0.341 e. The number of aromatic hydroxyl groups is 1. The van der Waals surface area contributed by atoms with Gasteiger partial charge >= 0.3 is 5.97 Å². The Balaban J connectivity index is 1.53. The van der Waals surface area contributed by atoms with Crippen LogP contribution in [0, 0.1) is 0 Å². The summed E-state index contributed by atoms with van der Waals surface area (Å²) < 4.78 is 4.83. The molecule has 1 amide bonds. The zero-order valence-electron chi connectivity index (χ0n) is 16.7. The highest BCUT2D eigenvalue weighted by atomic mass is 16.5. The van der Waals surface area contributed by atoms with E-state index in [1.165, 1.54) is 7.11 Å². The van der Waals surface area contributed by atoms with Crippen molar-refractivity contribution in [3.05, 3.63) is 71.5 Å². The van der Waals surface area contributed by atoms with Crippen LogP contribution in [0.2, 0.25) is 0 Å². The molecule has 7 nitrogen and oxygen atoms in total. The molecule has 0 atom stereocenters. The molecule has 30 heavy (non-hydrogen) atoms. The fourth-order valence-corrected chi connectivity index (χ4v) is 3.85. The minimum atomic E-state index is -0.563. The standard InChI is InChI=1S/C23H23N3O4/c1-30-23(29)19-14-17-4-2-3-5-18(17)20(21(19)27)15-25-10-12-26(13-11-25)22(28)16-6-8-24-9-7-16/h2-9,14,27H,10-13,15H2,1H3. The van der Waals surface area contributed by atoms with Gasteiger partial charge in [-0.15, -0.1) is 0 Å². The lowest BCUT2D eigenvalue weighted by atomic mass is 9.98. The van der Waals surface area contributed by atoms with Gasteiger partial charge < -0.3 is 14.7 Å². The number of benzene rings is 2. The zero-order chi connectivity index (χ0) is 21.1. The Morgan fingerprint density at radius 2 is 1.77 bits per heavy atom. The van der Waals surface area contributed by atoms with Gasteiger partial charge in [-0.05, 0) is 29.0 Å². The van der Waals surface area contributed by atoms with Gasteiger partial charge in [0.05, 0.1) is 7.11 Å². The van der Waals surface area contributed by atoms with Crippen molar-refractivity contribution in [3.8, 4) is 5.75 Å². The van der Waals surface area contributed by atoms with E-state index in [1.807, 2.05) is 29.2 Å². The van der Waals surface area contributed by atoms with Crippen LogP contribution in [0.25, 0.3) is 10.8 Å². The van der Waals surface area contributed by atoms with Crippen LogP contribution in [0.3, 0.4) is 0 Å². The lowest BCUT2D eigenvalue weighted by Gasteiger charge is -2.35. The summed E-state index contributed by atoms with van der Waals surface area (Å²) in [5.74, 6) is -0.610. The molecular weight excluding hydrogens is 382 g/mol. The molecule has 0 unspecified atom stereocenters. The molecule has 0 spiro atoms. The van der Waals surface area contributed by atoms with E-state index in [9.17, 15) is 14.7 Å². The molecule has 0 bridgehead atoms. The average molecular weight is 405 g/mol. The number of hydrogen-bond acceptors (Lipinski definition) is 6. The van der Waals surface area contributed by atoms with Crippen LogP contribution in [0.4, 0.5) is 0 Å². The van der Waals surface area contributed by atoms with Crippen LogP contribution in [0.5, 0.6) is 5.75 Å². The molecule has 1 aromatic heterocycles. The molecule has 1 N–H and O–H groups in total. The van der Waals surface area contributed by atoms with Gasteiger partial charge in [-0.3, -0.25) is 14.7 Å². The number of amides is 1. The first-order valence-corrected chi connectivity index (χ1v) is 9.82. The molecule has 4 rings (SSSR count). The number of phenolic OH excluding ortho intramolecular Hbond substituents is 1. The maximum absolute atomic E-state index is 12.6. The SMILES string of the molecule is COC(=O)c1cc2ccccc2c(CN2CCN(C(=O)c3ccncc3)CC2)c1O. The van der Waals surface area contributed by atoms with Gasteiger partial charge in [-0.25, -0.2) is 4.79 Å². The van der Waals surface area contributed by atoms with E-state index < -0.39 is 5.97 Å². The van der Waals surface area contributed by atoms with Gasteiger partial charge in [0.25, 0.3) is 5.91 Å². The van der Waals surface area contributed by atoms with Crippen LogP contribution in [-0.2, 0) is 11.3 Å². The number of aromatic nitrogens is 1. The van der Waals surface area contributed by atoms with E-state index in [-0.39, 0.29) is 17.2 Å². The molecule has 1 saturated heterocycles. The summed E-state index contributed by atoms with van der Waals surface area (Å²) in [7, 11) is 1.30. The summed E-state index contributed by atoms with van der Waals surface area (Å²) in [6.45, 7) is 3.02. The number of carbonyl (C=O) groups excluding carboxylic acids is 2. The Hall–Kier alpha value is -3.45. The lowest BCUT2D eigenvalue weighted by molar-refractivity contribution is 0.0591. The van der Waals surface area contributed by atoms with Gasteiger partial charge in [-0.2, -0.15) is 0 Å². The third kappa shape index (κ3) is 3.84. The number of nitrogens with zero attached hydrogens (tertiary/aromatic N) is 3. The summed E-state index contributed by atoms with van der Waals surface area (Å²) in [4.78, 5) is 32.7. The van der Waals surface area contributed by atoms with Crippen molar-refractivity contribution in [2.24, 2.45) is 0 Å². The number of hydrogen-bond donors (Lipinski definition) is 1. The molecule has 0 radical (unpaired) electrons. The Morgan fingerprint density at radius 1 is 1.07 bits per heavy atom. The first-order valence-electron chi connectivity index (χ1n) is 9.82. The minimum Gasteiger partial charge on any atom is -0.507 e. The number of carbonyl (C=O) groups is 2. The molecule has 1 aliphatic heterocycles. The molecule has 1 aliphatic rings. The Morgan fingerprint density at radius 3 is 2.47 bits per heavy atom. The lowest BCUT2D eigenvalue weighted by Crippen LogP contribution is -2.48. The predicted octanol–water partition coefficient (Wildman–Crippen LogP) is 2.69. The summed E-state index contributed by atoms with van der Waals surface area (Å²) >= 11 is 0. The zero-order valence-corrected chi connectivity index (χ0v) is 16.7. The van der Waals surface area contributed by atoms with Crippen molar-refractivity contribution >= 4 is 22.6 Å². The molecule has 0 saturated carbocycles. The maximum Gasteiger partial charge on any atom is 0.341 e. The van der Waals surface area contributed by atoms with Crippen molar-refractivity contribution in [2.45, 2.75) is 6.54 Å². The van der Waals surface area contributed by atoms with Crippen molar-refractivity contribution in [2.75, 3.05) is 33.3 Å². The van der Waals surface area contributed by atoms with Crippen molar-refractivity contribution < 1.29 is 19.4 Å². The number of rotatable bonds is 4. The van der Waals surface area contributed by atoms with Crippen LogP contribution < -0.4 is 0 Å². The second-order valence-electron chi connectivity index (χ2n) is 7.27. The Kier molecular flexibility index (Phi) is 5.63. The van der Waals surface area contributed by atoms with Gasteiger partial charge in [0.1, 0.15) is 11.3 Å². The summed E-state index contributed by atoms with van der Waals surface area (Å²) in [6, 6.07) is 12.8. The number of ether oxygens (including phenoxy) is 1. The molecule has 0 aliphatic carbocycles. The normalized spacial score (nSPS) is 14.6. The average Bonchev–Trinajstić information content (AvgIpc) is 2.80. The highest BCUT2D eigenvalue weighted by Gasteiger charge is 2.25. The third-order valence-corrected chi connectivity index (χ3v) is 5.50. The topological polar surface area (TPSA) is 83.0 Å². The second-order valence-corrected chi connectivity index (χ2v) is 7.27. The first-order chi connectivity index (χ1) is 14.6. The third-order valence-electron chi connectivity index (χ3n) is 5.50. The number of esters is 1. The van der Waals surface area contributed by atoms with Crippen LogP contribution in [0.15, 0.2) is 54.9 Å². The fraction of sp³-hybridized carbons (Fsp3) is 0.261. The monoisotopic (exact) mass is 405 g/mol. The van der Waals surface area contributed by atoms with Crippen LogP contribution in [-0.4, -0.2) is 65.1 Å². The molecule has 2 heterocycles. The van der Waals surface area contributed by atoms with E-state index in [2.05, 4.69) is 9.88 Å². The molecule has 1 fully saturated rings. The number of pyridine rings is 1. The van der Waals surface area contributed by atoms with E-state index in [4.69, 9.17) is 4.74 Å². The van der Waals surface area contributed by atoms with E-state index >= 15 is 0 Å².